The molecule has 0 heterocycles. The fourth-order valence-electron chi connectivity index (χ4n) is 2.39. The monoisotopic (exact) mass is 358 g/mol. The van der Waals surface area contributed by atoms with Crippen LogP contribution < -0.4 is 16.0 Å². The summed E-state index contributed by atoms with van der Waals surface area (Å²) in [5.74, 6) is 0.638. The molecular weight excluding hydrogens is 336 g/mol. The van der Waals surface area contributed by atoms with Crippen molar-refractivity contribution in [1.82, 2.24) is 10.6 Å². The summed E-state index contributed by atoms with van der Waals surface area (Å²) in [6, 6.07) is 15.5. The molecule has 0 aliphatic carbocycles. The maximum Gasteiger partial charge on any atom is 0.221 e. The zero-order valence-electron chi connectivity index (χ0n) is 14.5. The zero-order valence-corrected chi connectivity index (χ0v) is 15.2. The molecule has 0 saturated carbocycles. The molecule has 0 aliphatic heterocycles. The number of aliphatic imine (C=N–C) groups is 1. The van der Waals surface area contributed by atoms with Crippen molar-refractivity contribution >= 4 is 29.2 Å². The molecule has 2 aromatic carbocycles. The summed E-state index contributed by atoms with van der Waals surface area (Å²) in [6.07, 6.45) is 0.818. The number of carbonyl (C=O) groups is 1. The maximum atomic E-state index is 11.1. The van der Waals surface area contributed by atoms with E-state index in [9.17, 15) is 4.79 Å². The number of nitrogens with zero attached hydrogens (tertiary/aromatic N) is 1. The lowest BCUT2D eigenvalue weighted by atomic mass is 10.1. The van der Waals surface area contributed by atoms with Crippen LogP contribution in [0.1, 0.15) is 18.1 Å². The summed E-state index contributed by atoms with van der Waals surface area (Å²) in [6.45, 7) is 2.84. The quantitative estimate of drug-likeness (QED) is 0.548. The third kappa shape index (κ3) is 6.47. The van der Waals surface area contributed by atoms with Crippen LogP contribution in [0.4, 0.5) is 5.69 Å². The molecule has 0 fully saturated rings. The largest absolute Gasteiger partial charge is 0.356 e. The Labute approximate surface area is 153 Å². The van der Waals surface area contributed by atoms with E-state index in [0.29, 0.717) is 6.54 Å². The SMILES string of the molecule is CN=C(NCCc1ccccc1Cl)NCc1cccc(NC(C)=O)c1. The molecule has 2 rings (SSSR count). The Bertz CT molecular complexity index is 746. The van der Waals surface area contributed by atoms with E-state index < -0.39 is 0 Å². The second-order valence-electron chi connectivity index (χ2n) is 5.58. The number of hydrogen-bond acceptors (Lipinski definition) is 2. The molecular formula is C19H23ClN4O. The minimum atomic E-state index is -0.0813. The Morgan fingerprint density at radius 1 is 1.12 bits per heavy atom. The van der Waals surface area contributed by atoms with Gasteiger partial charge in [0.15, 0.2) is 5.96 Å². The van der Waals surface area contributed by atoms with Gasteiger partial charge in [-0.25, -0.2) is 0 Å². The highest BCUT2D eigenvalue weighted by Gasteiger charge is 2.02. The minimum absolute atomic E-state index is 0.0813. The van der Waals surface area contributed by atoms with Gasteiger partial charge in [0.1, 0.15) is 0 Å². The maximum absolute atomic E-state index is 11.1. The fraction of sp³-hybridized carbons (Fsp3) is 0.263. The van der Waals surface area contributed by atoms with Crippen LogP contribution in [0.25, 0.3) is 0 Å². The number of nitrogens with one attached hydrogen (secondary N) is 3. The van der Waals surface area contributed by atoms with Gasteiger partial charge >= 0.3 is 0 Å². The normalized spacial score (nSPS) is 11.1. The number of halogens is 1. The van der Waals surface area contributed by atoms with E-state index in [1.165, 1.54) is 6.92 Å². The third-order valence-electron chi connectivity index (χ3n) is 3.58. The zero-order chi connectivity index (χ0) is 18.1. The van der Waals surface area contributed by atoms with Crippen LogP contribution in [0.5, 0.6) is 0 Å². The summed E-state index contributed by atoms with van der Waals surface area (Å²) in [5.41, 5.74) is 2.95. The highest BCUT2D eigenvalue weighted by atomic mass is 35.5. The van der Waals surface area contributed by atoms with E-state index in [0.717, 1.165) is 40.8 Å². The van der Waals surface area contributed by atoms with Gasteiger partial charge in [-0.1, -0.05) is 41.9 Å². The molecule has 0 atom stereocenters. The van der Waals surface area contributed by atoms with E-state index in [4.69, 9.17) is 11.6 Å². The first-order valence-electron chi connectivity index (χ1n) is 8.13. The second kappa shape index (κ2) is 9.69. The first-order valence-corrected chi connectivity index (χ1v) is 8.50. The summed E-state index contributed by atoms with van der Waals surface area (Å²) in [4.78, 5) is 15.4. The smallest absolute Gasteiger partial charge is 0.221 e. The Kier molecular flexibility index (Phi) is 7.29. The van der Waals surface area contributed by atoms with Crippen molar-refractivity contribution in [1.29, 1.82) is 0 Å². The molecule has 0 aromatic heterocycles. The van der Waals surface area contributed by atoms with Gasteiger partial charge in [-0.2, -0.15) is 0 Å². The van der Waals surface area contributed by atoms with Crippen LogP contribution in [-0.4, -0.2) is 25.5 Å². The molecule has 0 unspecified atom stereocenters. The predicted molar refractivity (Wildman–Crippen MR) is 104 cm³/mol. The van der Waals surface area contributed by atoms with Crippen molar-refractivity contribution < 1.29 is 4.79 Å². The van der Waals surface area contributed by atoms with E-state index in [1.54, 1.807) is 7.05 Å². The topological polar surface area (TPSA) is 65.5 Å². The van der Waals surface area contributed by atoms with Crippen LogP contribution >= 0.6 is 11.6 Å². The van der Waals surface area contributed by atoms with Gasteiger partial charge < -0.3 is 16.0 Å². The van der Waals surface area contributed by atoms with Crippen LogP contribution in [0.2, 0.25) is 5.02 Å². The van der Waals surface area contributed by atoms with Crippen LogP contribution in [0.15, 0.2) is 53.5 Å². The molecule has 0 radical (unpaired) electrons. The lowest BCUT2D eigenvalue weighted by Crippen LogP contribution is -2.37. The number of benzene rings is 2. The number of anilines is 1. The van der Waals surface area contributed by atoms with Crippen molar-refractivity contribution in [2.24, 2.45) is 4.99 Å². The molecule has 132 valence electrons. The molecule has 1 amide bonds. The average Bonchev–Trinajstić information content (AvgIpc) is 2.59. The molecule has 25 heavy (non-hydrogen) atoms. The van der Waals surface area contributed by atoms with Gasteiger partial charge in [-0.15, -0.1) is 0 Å². The Morgan fingerprint density at radius 3 is 2.64 bits per heavy atom. The molecule has 0 bridgehead atoms. The molecule has 0 spiro atoms. The van der Waals surface area contributed by atoms with E-state index >= 15 is 0 Å². The van der Waals surface area contributed by atoms with Crippen molar-refractivity contribution in [3.8, 4) is 0 Å². The number of hydrogen-bond donors (Lipinski definition) is 3. The summed E-state index contributed by atoms with van der Waals surface area (Å²) >= 11 is 6.16. The first-order chi connectivity index (χ1) is 12.1. The Morgan fingerprint density at radius 2 is 1.92 bits per heavy atom. The predicted octanol–water partition coefficient (Wildman–Crippen LogP) is 3.21. The van der Waals surface area contributed by atoms with Gasteiger partial charge in [0.2, 0.25) is 5.91 Å². The number of rotatable bonds is 6. The van der Waals surface area contributed by atoms with Gasteiger partial charge in [-0.3, -0.25) is 9.79 Å². The van der Waals surface area contributed by atoms with Gasteiger partial charge in [0.25, 0.3) is 0 Å². The lowest BCUT2D eigenvalue weighted by Gasteiger charge is -2.13. The Hall–Kier alpha value is -2.53. The molecule has 0 saturated heterocycles. The minimum Gasteiger partial charge on any atom is -0.356 e. The molecule has 2 aromatic rings. The lowest BCUT2D eigenvalue weighted by molar-refractivity contribution is -0.114. The molecule has 6 heteroatoms. The van der Waals surface area contributed by atoms with Crippen LogP contribution in [0.3, 0.4) is 0 Å². The highest BCUT2D eigenvalue weighted by molar-refractivity contribution is 6.31. The van der Waals surface area contributed by atoms with E-state index in [2.05, 4.69) is 20.9 Å². The molecule has 0 aliphatic rings. The van der Waals surface area contributed by atoms with Gasteiger partial charge in [-0.05, 0) is 35.7 Å². The molecule has 5 nitrogen and oxygen atoms in total. The number of carbonyl (C=O) groups excluding carboxylic acids is 1. The molecule has 3 N–H and O–H groups in total. The van der Waals surface area contributed by atoms with Crippen LogP contribution in [-0.2, 0) is 17.8 Å². The van der Waals surface area contributed by atoms with E-state index in [1.807, 2.05) is 48.5 Å². The number of amides is 1. The van der Waals surface area contributed by atoms with Crippen molar-refractivity contribution in [2.75, 3.05) is 18.9 Å². The third-order valence-corrected chi connectivity index (χ3v) is 3.94. The first kappa shape index (κ1) is 18.8. The highest BCUT2D eigenvalue weighted by Crippen LogP contribution is 2.14. The second-order valence-corrected chi connectivity index (χ2v) is 5.98. The summed E-state index contributed by atoms with van der Waals surface area (Å²) < 4.78 is 0. The van der Waals surface area contributed by atoms with Crippen molar-refractivity contribution in [3.05, 3.63) is 64.7 Å². The standard InChI is InChI=1S/C19H23ClN4O/c1-14(25)24-17-8-5-6-15(12-17)13-23-19(21-2)22-11-10-16-7-3-4-9-18(16)20/h3-9,12H,10-11,13H2,1-2H3,(H,24,25)(H2,21,22,23). The van der Waals surface area contributed by atoms with E-state index in [-0.39, 0.29) is 5.91 Å². The Balaban J connectivity index is 1.82. The van der Waals surface area contributed by atoms with Crippen molar-refractivity contribution in [3.63, 3.8) is 0 Å². The van der Waals surface area contributed by atoms with Gasteiger partial charge in [0.05, 0.1) is 0 Å². The fourth-order valence-corrected chi connectivity index (χ4v) is 2.62. The summed E-state index contributed by atoms with van der Waals surface area (Å²) in [5, 5.41) is 10.1. The van der Waals surface area contributed by atoms with Gasteiger partial charge in [0, 0.05) is 37.8 Å². The number of guanidine groups is 1. The van der Waals surface area contributed by atoms with Crippen LogP contribution in [0, 0.1) is 0 Å². The average molecular weight is 359 g/mol. The van der Waals surface area contributed by atoms with Crippen molar-refractivity contribution in [2.45, 2.75) is 19.9 Å². The summed E-state index contributed by atoms with van der Waals surface area (Å²) in [7, 11) is 1.73.